The minimum absolute atomic E-state index is 0.826. The van der Waals surface area contributed by atoms with Gasteiger partial charge in [0.1, 0.15) is 0 Å². The van der Waals surface area contributed by atoms with E-state index in [-0.39, 0.29) is 0 Å². The van der Waals surface area contributed by atoms with Crippen molar-refractivity contribution in [3.63, 3.8) is 0 Å². The summed E-state index contributed by atoms with van der Waals surface area (Å²) < 4.78 is 0. The molecule has 2 aromatic rings. The first-order valence-corrected chi connectivity index (χ1v) is 13.4. The van der Waals surface area contributed by atoms with E-state index in [1.807, 2.05) is 0 Å². The van der Waals surface area contributed by atoms with E-state index in [1.54, 1.807) is 5.57 Å². The molecule has 0 N–H and O–H groups in total. The molecule has 0 heterocycles. The molecular weight excluding hydrogens is 378 g/mol. The number of hydrogen-bond donors (Lipinski definition) is 0. The second-order valence-electron chi connectivity index (χ2n) is 5.15. The van der Waals surface area contributed by atoms with Gasteiger partial charge in [0.05, 0.1) is 0 Å². The van der Waals surface area contributed by atoms with Crippen LogP contribution in [-0.4, -0.2) is 0 Å². The van der Waals surface area contributed by atoms with Gasteiger partial charge in [-0.3, -0.25) is 0 Å². The summed E-state index contributed by atoms with van der Waals surface area (Å²) >= 11 is -0.826. The van der Waals surface area contributed by atoms with Crippen molar-refractivity contribution in [3.05, 3.63) is 64.7 Å². The van der Waals surface area contributed by atoms with Crippen LogP contribution in [0.3, 0.4) is 0 Å². The third-order valence-corrected chi connectivity index (χ3v) is 3.78. The fourth-order valence-corrected chi connectivity index (χ4v) is 2.65. The fraction of sp³-hybridized carbons (Fsp3) is 0.222. The van der Waals surface area contributed by atoms with Crippen molar-refractivity contribution in [2.24, 2.45) is 0 Å². The van der Waals surface area contributed by atoms with Gasteiger partial charge in [0.15, 0.2) is 0 Å². The van der Waals surface area contributed by atoms with Gasteiger partial charge in [0.2, 0.25) is 0 Å². The predicted molar refractivity (Wildman–Crippen MR) is 90.3 cm³/mol. The SMILES string of the molecule is CCC1=Cc2c(cccc2-c2ccc(C)cc2)C1.[Cl][Zr][Cl]. The summed E-state index contributed by atoms with van der Waals surface area (Å²) in [5, 5.41) is 0. The molecule has 21 heavy (non-hydrogen) atoms. The van der Waals surface area contributed by atoms with Crippen LogP contribution in [0.15, 0.2) is 48.0 Å². The van der Waals surface area contributed by atoms with Crippen molar-refractivity contribution >= 4 is 23.1 Å². The molecule has 1 aliphatic carbocycles. The first-order valence-electron chi connectivity index (χ1n) is 7.04. The zero-order chi connectivity index (χ0) is 15.2. The molecule has 0 saturated carbocycles. The zero-order valence-corrected chi connectivity index (χ0v) is 16.3. The molecule has 0 unspecified atom stereocenters. The molecule has 3 rings (SSSR count). The van der Waals surface area contributed by atoms with Crippen LogP contribution in [0, 0.1) is 6.92 Å². The van der Waals surface area contributed by atoms with E-state index in [0.717, 1.165) is 12.8 Å². The Labute approximate surface area is 145 Å². The van der Waals surface area contributed by atoms with Gasteiger partial charge < -0.3 is 0 Å². The van der Waals surface area contributed by atoms with Gasteiger partial charge in [-0.05, 0) is 42.0 Å². The fourth-order valence-electron chi connectivity index (χ4n) is 2.65. The van der Waals surface area contributed by atoms with Crippen LogP contribution in [0.25, 0.3) is 17.2 Å². The first kappa shape index (κ1) is 17.0. The topological polar surface area (TPSA) is 0 Å². The number of rotatable bonds is 2. The Morgan fingerprint density at radius 2 is 1.71 bits per heavy atom. The van der Waals surface area contributed by atoms with Gasteiger partial charge in [-0.1, -0.05) is 66.6 Å². The quantitative estimate of drug-likeness (QED) is 0.552. The van der Waals surface area contributed by atoms with Crippen molar-refractivity contribution < 1.29 is 20.8 Å². The summed E-state index contributed by atoms with van der Waals surface area (Å²) in [6.45, 7) is 4.37. The molecule has 0 bridgehead atoms. The molecular formula is C18H18Cl2Zr. The third kappa shape index (κ3) is 4.32. The van der Waals surface area contributed by atoms with E-state index < -0.39 is 20.8 Å². The molecule has 3 heteroatoms. The van der Waals surface area contributed by atoms with Crippen LogP contribution in [0.1, 0.15) is 30.0 Å². The molecule has 0 aromatic heterocycles. The van der Waals surface area contributed by atoms with Crippen molar-refractivity contribution in [2.75, 3.05) is 0 Å². The number of aryl methyl sites for hydroxylation is 1. The van der Waals surface area contributed by atoms with Gasteiger partial charge in [0.25, 0.3) is 0 Å². The Bertz CT molecular complexity index is 630. The van der Waals surface area contributed by atoms with E-state index >= 15 is 0 Å². The monoisotopic (exact) mass is 394 g/mol. The third-order valence-electron chi connectivity index (χ3n) is 3.78. The number of fused-ring (bicyclic) bond motifs is 1. The van der Waals surface area contributed by atoms with Crippen molar-refractivity contribution in [2.45, 2.75) is 26.7 Å². The number of allylic oxidation sites excluding steroid dienone is 1. The molecule has 0 nitrogen and oxygen atoms in total. The predicted octanol–water partition coefficient (Wildman–Crippen LogP) is 6.39. The second-order valence-corrected chi connectivity index (χ2v) is 8.88. The van der Waals surface area contributed by atoms with E-state index in [2.05, 4.69) is 62.4 Å². The summed E-state index contributed by atoms with van der Waals surface area (Å²) in [7, 11) is 9.87. The van der Waals surface area contributed by atoms with Crippen LogP contribution in [-0.2, 0) is 27.3 Å². The molecule has 0 aliphatic heterocycles. The van der Waals surface area contributed by atoms with Crippen LogP contribution in [0.2, 0.25) is 0 Å². The Morgan fingerprint density at radius 1 is 1.05 bits per heavy atom. The van der Waals surface area contributed by atoms with E-state index in [1.165, 1.54) is 27.8 Å². The van der Waals surface area contributed by atoms with Crippen LogP contribution in [0.4, 0.5) is 0 Å². The Kier molecular flexibility index (Phi) is 6.74. The maximum atomic E-state index is 4.93. The summed E-state index contributed by atoms with van der Waals surface area (Å²) in [6, 6.07) is 15.5. The summed E-state index contributed by atoms with van der Waals surface area (Å²) in [6.07, 6.45) is 4.66. The minimum atomic E-state index is -0.826. The molecule has 0 spiro atoms. The van der Waals surface area contributed by atoms with Gasteiger partial charge in [-0.2, -0.15) is 0 Å². The average molecular weight is 396 g/mol. The molecule has 0 amide bonds. The number of hydrogen-bond acceptors (Lipinski definition) is 0. The molecule has 0 atom stereocenters. The van der Waals surface area contributed by atoms with Gasteiger partial charge >= 0.3 is 37.9 Å². The first-order chi connectivity index (χ1) is 10.2. The molecule has 0 saturated heterocycles. The van der Waals surface area contributed by atoms with Crippen LogP contribution in [0.5, 0.6) is 0 Å². The van der Waals surface area contributed by atoms with Crippen molar-refractivity contribution in [3.8, 4) is 11.1 Å². The Balaban J connectivity index is 0.000000497. The van der Waals surface area contributed by atoms with E-state index in [9.17, 15) is 0 Å². The molecule has 0 radical (unpaired) electrons. The normalized spacial score (nSPS) is 12.1. The Hall–Kier alpha value is -0.357. The molecule has 0 fully saturated rings. The van der Waals surface area contributed by atoms with Crippen LogP contribution >= 0.6 is 17.0 Å². The van der Waals surface area contributed by atoms with Crippen molar-refractivity contribution in [1.29, 1.82) is 0 Å². The molecule has 108 valence electrons. The summed E-state index contributed by atoms with van der Waals surface area (Å²) in [4.78, 5) is 0. The number of halogens is 2. The number of benzene rings is 2. The average Bonchev–Trinajstić information content (AvgIpc) is 2.92. The van der Waals surface area contributed by atoms with Gasteiger partial charge in [-0.25, -0.2) is 0 Å². The summed E-state index contributed by atoms with van der Waals surface area (Å²) in [5.74, 6) is 0. The van der Waals surface area contributed by atoms with Gasteiger partial charge in [0, 0.05) is 0 Å². The summed E-state index contributed by atoms with van der Waals surface area (Å²) in [5.41, 5.74) is 8.46. The zero-order valence-electron chi connectivity index (χ0n) is 12.3. The van der Waals surface area contributed by atoms with E-state index in [4.69, 9.17) is 17.0 Å². The molecule has 2 aromatic carbocycles. The van der Waals surface area contributed by atoms with Crippen molar-refractivity contribution in [1.82, 2.24) is 0 Å². The second kappa shape index (κ2) is 8.32. The Morgan fingerprint density at radius 3 is 2.33 bits per heavy atom. The standard InChI is InChI=1S/C18H18.2ClH.Zr/c1-3-14-11-16-5-4-6-17(18(16)12-14)15-9-7-13(2)8-10-15;;;/h4-10,12H,3,11H2,1-2H3;2*1H;/q;;;+2/p-2. The van der Waals surface area contributed by atoms with Crippen LogP contribution < -0.4 is 0 Å². The van der Waals surface area contributed by atoms with E-state index in [0.29, 0.717) is 0 Å². The molecule has 1 aliphatic rings. The maximum absolute atomic E-state index is 4.93. The van der Waals surface area contributed by atoms with Gasteiger partial charge in [-0.15, -0.1) is 0 Å².